The molecular weight excluding hydrogens is 256 g/mol. The number of primary amides is 1. The molecule has 0 aliphatic heterocycles. The third-order valence-corrected chi connectivity index (χ3v) is 4.64. The zero-order chi connectivity index (χ0) is 15.2. The molecule has 0 atom stereocenters. The molecule has 0 aromatic heterocycles. The fourth-order valence-electron chi connectivity index (χ4n) is 3.24. The van der Waals surface area contributed by atoms with Crippen molar-refractivity contribution in [2.24, 2.45) is 17.4 Å². The van der Waals surface area contributed by atoms with Crippen molar-refractivity contribution >= 4 is 11.9 Å². The summed E-state index contributed by atoms with van der Waals surface area (Å²) >= 11 is 0. The Morgan fingerprint density at radius 2 is 1.90 bits per heavy atom. The maximum absolute atomic E-state index is 11.7. The molecule has 1 fully saturated rings. The molecule has 6 heteroatoms. The van der Waals surface area contributed by atoms with Crippen molar-refractivity contribution in [2.45, 2.75) is 51.5 Å². The standard InChI is InChI=1S/C14H28N4O2/c1-3-11-5-7-14(10-15,8-6-11)18(4-2)9-12(19)17-13(16)20/h11H,3-10,15H2,1-2H3,(H3,16,17,19,20). The van der Waals surface area contributed by atoms with Crippen LogP contribution in [0.3, 0.4) is 0 Å². The number of carbonyl (C=O) groups excluding carboxylic acids is 2. The van der Waals surface area contributed by atoms with Gasteiger partial charge >= 0.3 is 6.03 Å². The molecule has 1 aliphatic carbocycles. The number of amides is 3. The maximum Gasteiger partial charge on any atom is 0.318 e. The van der Waals surface area contributed by atoms with Crippen molar-refractivity contribution in [3.05, 3.63) is 0 Å². The highest BCUT2D eigenvalue weighted by Crippen LogP contribution is 2.37. The van der Waals surface area contributed by atoms with Gasteiger partial charge in [-0.05, 0) is 38.1 Å². The summed E-state index contributed by atoms with van der Waals surface area (Å²) < 4.78 is 0. The normalized spacial score (nSPS) is 26.5. The van der Waals surface area contributed by atoms with E-state index in [9.17, 15) is 9.59 Å². The van der Waals surface area contributed by atoms with Crippen molar-refractivity contribution in [2.75, 3.05) is 19.6 Å². The molecule has 0 spiro atoms. The minimum atomic E-state index is -0.803. The Labute approximate surface area is 121 Å². The number of rotatable bonds is 6. The lowest BCUT2D eigenvalue weighted by atomic mass is 9.74. The molecular formula is C14H28N4O2. The van der Waals surface area contributed by atoms with E-state index in [-0.39, 0.29) is 18.0 Å². The summed E-state index contributed by atoms with van der Waals surface area (Å²) in [5.74, 6) is 0.414. The van der Waals surface area contributed by atoms with Gasteiger partial charge in [-0.15, -0.1) is 0 Å². The lowest BCUT2D eigenvalue weighted by Crippen LogP contribution is -2.58. The van der Waals surface area contributed by atoms with Crippen LogP contribution in [0, 0.1) is 5.92 Å². The smallest absolute Gasteiger partial charge is 0.318 e. The van der Waals surface area contributed by atoms with Gasteiger partial charge in [0.05, 0.1) is 6.54 Å². The molecule has 0 aromatic carbocycles. The number of hydrogen-bond acceptors (Lipinski definition) is 4. The highest BCUT2D eigenvalue weighted by atomic mass is 16.2. The van der Waals surface area contributed by atoms with E-state index in [0.29, 0.717) is 6.54 Å². The second kappa shape index (κ2) is 7.59. The first kappa shape index (κ1) is 16.9. The monoisotopic (exact) mass is 284 g/mol. The maximum atomic E-state index is 11.7. The zero-order valence-electron chi connectivity index (χ0n) is 12.7. The number of nitrogens with zero attached hydrogens (tertiary/aromatic N) is 1. The van der Waals surface area contributed by atoms with Gasteiger partial charge in [0.1, 0.15) is 0 Å². The predicted molar refractivity (Wildman–Crippen MR) is 79.0 cm³/mol. The Morgan fingerprint density at radius 1 is 1.30 bits per heavy atom. The van der Waals surface area contributed by atoms with Crippen LogP contribution in [0.15, 0.2) is 0 Å². The van der Waals surface area contributed by atoms with Crippen LogP contribution >= 0.6 is 0 Å². The molecule has 0 bridgehead atoms. The molecule has 3 amide bonds. The molecule has 0 heterocycles. The summed E-state index contributed by atoms with van der Waals surface area (Å²) in [6.07, 6.45) is 5.54. The molecule has 0 unspecified atom stereocenters. The predicted octanol–water partition coefficient (Wildman–Crippen LogP) is 0.801. The van der Waals surface area contributed by atoms with E-state index in [0.717, 1.165) is 38.1 Å². The summed E-state index contributed by atoms with van der Waals surface area (Å²) in [6, 6.07) is -0.803. The fraction of sp³-hybridized carbons (Fsp3) is 0.857. The fourth-order valence-corrected chi connectivity index (χ4v) is 3.24. The highest BCUT2D eigenvalue weighted by Gasteiger charge is 2.38. The summed E-state index contributed by atoms with van der Waals surface area (Å²) in [4.78, 5) is 24.6. The van der Waals surface area contributed by atoms with Crippen LogP contribution in [-0.2, 0) is 4.79 Å². The summed E-state index contributed by atoms with van der Waals surface area (Å²) in [5.41, 5.74) is 10.9. The third kappa shape index (κ3) is 4.18. The Bertz CT molecular complexity index is 338. The van der Waals surface area contributed by atoms with Crippen LogP contribution in [-0.4, -0.2) is 42.0 Å². The minimum absolute atomic E-state index is 0.116. The van der Waals surface area contributed by atoms with Gasteiger partial charge in [0.15, 0.2) is 0 Å². The summed E-state index contributed by atoms with van der Waals surface area (Å²) in [5, 5.41) is 2.13. The molecule has 1 aliphatic rings. The van der Waals surface area contributed by atoms with E-state index in [1.807, 2.05) is 6.92 Å². The number of carbonyl (C=O) groups is 2. The molecule has 20 heavy (non-hydrogen) atoms. The van der Waals surface area contributed by atoms with Gasteiger partial charge in [0.2, 0.25) is 5.91 Å². The average molecular weight is 284 g/mol. The molecule has 116 valence electrons. The molecule has 0 radical (unpaired) electrons. The van der Waals surface area contributed by atoms with Crippen molar-refractivity contribution in [3.8, 4) is 0 Å². The lowest BCUT2D eigenvalue weighted by molar-refractivity contribution is -0.123. The summed E-state index contributed by atoms with van der Waals surface area (Å²) in [7, 11) is 0. The first-order valence-electron chi connectivity index (χ1n) is 7.51. The number of nitrogens with two attached hydrogens (primary N) is 2. The van der Waals surface area contributed by atoms with Gasteiger partial charge in [-0.3, -0.25) is 15.0 Å². The van der Waals surface area contributed by atoms with Gasteiger partial charge in [-0.25, -0.2) is 4.79 Å². The van der Waals surface area contributed by atoms with Crippen molar-refractivity contribution in [1.29, 1.82) is 0 Å². The first-order valence-corrected chi connectivity index (χ1v) is 7.51. The van der Waals surface area contributed by atoms with Crippen LogP contribution in [0.2, 0.25) is 0 Å². The van der Waals surface area contributed by atoms with Gasteiger partial charge in [0.25, 0.3) is 0 Å². The van der Waals surface area contributed by atoms with Gasteiger partial charge in [-0.1, -0.05) is 20.3 Å². The number of urea groups is 1. The van der Waals surface area contributed by atoms with Crippen LogP contribution in [0.5, 0.6) is 0 Å². The van der Waals surface area contributed by atoms with Crippen molar-refractivity contribution < 1.29 is 9.59 Å². The van der Waals surface area contributed by atoms with Crippen LogP contribution < -0.4 is 16.8 Å². The first-order chi connectivity index (χ1) is 9.47. The number of nitrogens with one attached hydrogen (secondary N) is 1. The van der Waals surface area contributed by atoms with Crippen molar-refractivity contribution in [3.63, 3.8) is 0 Å². The van der Waals surface area contributed by atoms with Crippen molar-refractivity contribution in [1.82, 2.24) is 10.2 Å². The molecule has 5 N–H and O–H groups in total. The average Bonchev–Trinajstić information content (AvgIpc) is 2.44. The van der Waals surface area contributed by atoms with Gasteiger partial charge in [0, 0.05) is 12.1 Å². The number of hydrogen-bond donors (Lipinski definition) is 3. The topological polar surface area (TPSA) is 101 Å². The second-order valence-electron chi connectivity index (χ2n) is 5.71. The van der Waals surface area contributed by atoms with Gasteiger partial charge in [-0.2, -0.15) is 0 Å². The second-order valence-corrected chi connectivity index (χ2v) is 5.71. The van der Waals surface area contributed by atoms with E-state index < -0.39 is 6.03 Å². The Hall–Kier alpha value is -1.14. The molecule has 0 aromatic rings. The Morgan fingerprint density at radius 3 is 2.30 bits per heavy atom. The molecule has 6 nitrogen and oxygen atoms in total. The highest BCUT2D eigenvalue weighted by molar-refractivity contribution is 5.94. The number of imide groups is 1. The third-order valence-electron chi connectivity index (χ3n) is 4.64. The van der Waals surface area contributed by atoms with E-state index in [2.05, 4.69) is 17.1 Å². The minimum Gasteiger partial charge on any atom is -0.351 e. The quantitative estimate of drug-likeness (QED) is 0.671. The Kier molecular flexibility index (Phi) is 6.42. The summed E-state index contributed by atoms with van der Waals surface area (Å²) in [6.45, 7) is 5.69. The SMILES string of the molecule is CCC1CCC(CN)(N(CC)CC(=O)NC(N)=O)CC1. The van der Waals surface area contributed by atoms with E-state index >= 15 is 0 Å². The van der Waals surface area contributed by atoms with Crippen LogP contribution in [0.25, 0.3) is 0 Å². The molecule has 1 saturated carbocycles. The lowest BCUT2D eigenvalue weighted by Gasteiger charge is -2.47. The zero-order valence-corrected chi connectivity index (χ0v) is 12.7. The van der Waals surface area contributed by atoms with Crippen LogP contribution in [0.4, 0.5) is 4.79 Å². The molecule has 0 saturated heterocycles. The van der Waals surface area contributed by atoms with E-state index in [1.54, 1.807) is 0 Å². The Balaban J connectivity index is 2.69. The van der Waals surface area contributed by atoms with E-state index in [1.165, 1.54) is 6.42 Å². The van der Waals surface area contributed by atoms with Gasteiger partial charge < -0.3 is 11.5 Å². The van der Waals surface area contributed by atoms with E-state index in [4.69, 9.17) is 11.5 Å². The van der Waals surface area contributed by atoms with Crippen LogP contribution in [0.1, 0.15) is 46.0 Å². The molecule has 1 rings (SSSR count). The largest absolute Gasteiger partial charge is 0.351 e. The number of likely N-dealkylation sites (N-methyl/N-ethyl adjacent to an activating group) is 1.